The van der Waals surface area contributed by atoms with E-state index in [1.165, 1.54) is 32.1 Å². The average Bonchev–Trinajstić information content (AvgIpc) is 2.77. The summed E-state index contributed by atoms with van der Waals surface area (Å²) < 4.78 is 32.3. The highest BCUT2D eigenvalue weighted by molar-refractivity contribution is 7.85. The molecule has 124 valence electrons. The lowest BCUT2D eigenvalue weighted by atomic mass is 9.75. The lowest BCUT2D eigenvalue weighted by molar-refractivity contribution is 0.287. The molecule has 1 aromatic rings. The van der Waals surface area contributed by atoms with Crippen molar-refractivity contribution in [2.75, 3.05) is 12.9 Å². The van der Waals surface area contributed by atoms with Gasteiger partial charge in [-0.25, -0.2) is 4.98 Å². The Morgan fingerprint density at radius 3 is 2.64 bits per heavy atom. The Bertz CT molecular complexity index is 625. The molecule has 0 atom stereocenters. The molecule has 0 N–H and O–H groups in total. The van der Waals surface area contributed by atoms with Crippen molar-refractivity contribution in [3.63, 3.8) is 0 Å². The first-order valence-electron chi connectivity index (χ1n) is 7.77. The first-order chi connectivity index (χ1) is 10.3. The van der Waals surface area contributed by atoms with Crippen LogP contribution in [0.4, 0.5) is 0 Å². The largest absolute Gasteiger partial charge is 0.442 e. The van der Waals surface area contributed by atoms with E-state index in [0.717, 1.165) is 11.9 Å². The van der Waals surface area contributed by atoms with Crippen LogP contribution >= 0.6 is 0 Å². The van der Waals surface area contributed by atoms with Crippen molar-refractivity contribution >= 4 is 16.2 Å². The van der Waals surface area contributed by atoms with Gasteiger partial charge in [-0.15, -0.1) is 0 Å². The number of hydrogen-bond acceptors (Lipinski definition) is 5. The van der Waals surface area contributed by atoms with E-state index in [9.17, 15) is 8.42 Å². The van der Waals surface area contributed by atoms with Crippen LogP contribution in [0.2, 0.25) is 0 Å². The Morgan fingerprint density at radius 2 is 2.00 bits per heavy atom. The van der Waals surface area contributed by atoms with E-state index < -0.39 is 10.1 Å². The fourth-order valence-electron chi connectivity index (χ4n) is 2.84. The minimum Gasteiger partial charge on any atom is -0.442 e. The number of nitrogens with zero attached hydrogens (tertiary/aromatic N) is 1. The maximum atomic E-state index is 10.9. The van der Waals surface area contributed by atoms with E-state index in [-0.39, 0.29) is 12.0 Å². The van der Waals surface area contributed by atoms with Crippen molar-refractivity contribution < 1.29 is 17.0 Å². The minimum atomic E-state index is -3.41. The Labute approximate surface area is 132 Å². The topological polar surface area (TPSA) is 69.4 Å². The molecule has 1 fully saturated rings. The summed E-state index contributed by atoms with van der Waals surface area (Å²) in [6.45, 7) is 4.20. The molecule has 1 saturated carbocycles. The van der Waals surface area contributed by atoms with Gasteiger partial charge in [-0.3, -0.25) is 4.18 Å². The summed E-state index contributed by atoms with van der Waals surface area (Å²) in [5.74, 6) is 1.30. The standard InChI is InChI=1S/C16H25NO4S/c1-13-14(8-12-20-22(3,18)19)17-15(21-13)7-11-16(2)9-5-4-6-10-16/h7,11H,4-6,8-10,12H2,1-3H3/b11-7+. The Morgan fingerprint density at radius 1 is 1.32 bits per heavy atom. The third-order valence-electron chi connectivity index (χ3n) is 4.17. The summed E-state index contributed by atoms with van der Waals surface area (Å²) in [5, 5.41) is 0. The van der Waals surface area contributed by atoms with Gasteiger partial charge in [0.1, 0.15) is 5.76 Å². The Balaban J connectivity index is 1.97. The molecule has 1 aliphatic rings. The van der Waals surface area contributed by atoms with Crippen LogP contribution in [0.15, 0.2) is 10.5 Å². The van der Waals surface area contributed by atoms with Crippen LogP contribution in [-0.4, -0.2) is 26.3 Å². The molecule has 0 aromatic carbocycles. The van der Waals surface area contributed by atoms with Crippen molar-refractivity contribution in [2.24, 2.45) is 5.41 Å². The summed E-state index contributed by atoms with van der Waals surface area (Å²) in [4.78, 5) is 4.42. The van der Waals surface area contributed by atoms with Crippen molar-refractivity contribution in [2.45, 2.75) is 52.4 Å². The van der Waals surface area contributed by atoms with Gasteiger partial charge in [-0.1, -0.05) is 32.3 Å². The van der Waals surface area contributed by atoms with Gasteiger partial charge in [-0.2, -0.15) is 8.42 Å². The molecule has 0 saturated heterocycles. The zero-order valence-corrected chi connectivity index (χ0v) is 14.4. The number of rotatable bonds is 6. The second-order valence-corrected chi connectivity index (χ2v) is 8.02. The SMILES string of the molecule is Cc1oc(/C=C/C2(C)CCCCC2)nc1CCOS(C)(=O)=O. The normalized spacial score (nSPS) is 18.9. The summed E-state index contributed by atoms with van der Waals surface area (Å²) in [6.07, 6.45) is 11.9. The summed E-state index contributed by atoms with van der Waals surface area (Å²) in [6, 6.07) is 0. The van der Waals surface area contributed by atoms with E-state index in [4.69, 9.17) is 8.60 Å². The second-order valence-electron chi connectivity index (χ2n) is 6.38. The van der Waals surface area contributed by atoms with Crippen molar-refractivity contribution in [3.8, 4) is 0 Å². The van der Waals surface area contributed by atoms with E-state index >= 15 is 0 Å². The molecule has 0 radical (unpaired) electrons. The number of oxazole rings is 1. The molecule has 0 spiro atoms. The molecule has 1 heterocycles. The van der Waals surface area contributed by atoms with Crippen LogP contribution in [0.1, 0.15) is 56.4 Å². The molecule has 0 aliphatic heterocycles. The van der Waals surface area contributed by atoms with Crippen molar-refractivity contribution in [3.05, 3.63) is 23.4 Å². The highest BCUT2D eigenvalue weighted by atomic mass is 32.2. The van der Waals surface area contributed by atoms with E-state index in [1.54, 1.807) is 0 Å². The monoisotopic (exact) mass is 327 g/mol. The highest BCUT2D eigenvalue weighted by Gasteiger charge is 2.23. The molecule has 5 nitrogen and oxygen atoms in total. The molecule has 0 bridgehead atoms. The predicted octanol–water partition coefficient (Wildman–Crippen LogP) is 3.49. The number of hydrogen-bond donors (Lipinski definition) is 0. The summed E-state index contributed by atoms with van der Waals surface area (Å²) in [5.41, 5.74) is 0.984. The smallest absolute Gasteiger partial charge is 0.264 e. The Kier molecular flexibility index (Phi) is 5.45. The van der Waals surface area contributed by atoms with Gasteiger partial charge in [0.05, 0.1) is 18.6 Å². The number of aryl methyl sites for hydroxylation is 1. The fourth-order valence-corrected chi connectivity index (χ4v) is 3.23. The number of allylic oxidation sites excluding steroid dienone is 1. The third kappa shape index (κ3) is 5.25. The zero-order valence-electron chi connectivity index (χ0n) is 13.6. The molecule has 6 heteroatoms. The minimum absolute atomic E-state index is 0.0904. The quantitative estimate of drug-likeness (QED) is 0.748. The van der Waals surface area contributed by atoms with E-state index in [2.05, 4.69) is 18.0 Å². The lowest BCUT2D eigenvalue weighted by Crippen LogP contribution is -2.16. The zero-order chi connectivity index (χ0) is 16.2. The van der Waals surface area contributed by atoms with Gasteiger partial charge in [0.25, 0.3) is 10.1 Å². The maximum absolute atomic E-state index is 10.9. The van der Waals surface area contributed by atoms with Crippen LogP contribution in [0.25, 0.3) is 6.08 Å². The van der Waals surface area contributed by atoms with Crippen molar-refractivity contribution in [1.82, 2.24) is 4.98 Å². The second kappa shape index (κ2) is 6.96. The molecule has 0 amide bonds. The number of aromatic nitrogens is 1. The van der Waals surface area contributed by atoms with Crippen LogP contribution in [0.3, 0.4) is 0 Å². The molecule has 1 aromatic heterocycles. The van der Waals surface area contributed by atoms with Gasteiger partial charge in [0, 0.05) is 6.42 Å². The highest BCUT2D eigenvalue weighted by Crippen LogP contribution is 2.37. The molecular weight excluding hydrogens is 302 g/mol. The Hall–Kier alpha value is -1.14. The summed E-state index contributed by atoms with van der Waals surface area (Å²) >= 11 is 0. The van der Waals surface area contributed by atoms with Gasteiger partial charge in [0.15, 0.2) is 0 Å². The van der Waals surface area contributed by atoms with Gasteiger partial charge >= 0.3 is 0 Å². The van der Waals surface area contributed by atoms with E-state index in [0.29, 0.717) is 18.1 Å². The van der Waals surface area contributed by atoms with Crippen LogP contribution in [0.5, 0.6) is 0 Å². The van der Waals surface area contributed by atoms with Gasteiger partial charge in [0.2, 0.25) is 5.89 Å². The van der Waals surface area contributed by atoms with Gasteiger partial charge in [-0.05, 0) is 31.3 Å². The lowest BCUT2D eigenvalue weighted by Gasteiger charge is -2.30. The predicted molar refractivity (Wildman–Crippen MR) is 86.0 cm³/mol. The van der Waals surface area contributed by atoms with Gasteiger partial charge < -0.3 is 4.42 Å². The molecule has 2 rings (SSSR count). The van der Waals surface area contributed by atoms with Crippen LogP contribution in [-0.2, 0) is 20.7 Å². The first kappa shape index (κ1) is 17.2. The molecule has 1 aliphatic carbocycles. The molecular formula is C16H25NO4S. The fraction of sp³-hybridized carbons (Fsp3) is 0.688. The van der Waals surface area contributed by atoms with Crippen molar-refractivity contribution in [1.29, 1.82) is 0 Å². The van der Waals surface area contributed by atoms with Crippen LogP contribution in [0, 0.1) is 12.3 Å². The maximum Gasteiger partial charge on any atom is 0.264 e. The first-order valence-corrected chi connectivity index (χ1v) is 9.59. The van der Waals surface area contributed by atoms with Crippen LogP contribution < -0.4 is 0 Å². The third-order valence-corrected chi connectivity index (χ3v) is 4.76. The average molecular weight is 327 g/mol. The molecule has 0 unspecified atom stereocenters. The summed E-state index contributed by atoms with van der Waals surface area (Å²) in [7, 11) is -3.41. The molecule has 22 heavy (non-hydrogen) atoms. The van der Waals surface area contributed by atoms with E-state index in [1.807, 2.05) is 13.0 Å².